The molecule has 0 spiro atoms. The molecule has 1 heterocycles. The van der Waals surface area contributed by atoms with Crippen LogP contribution in [0.1, 0.15) is 51.1 Å². The van der Waals surface area contributed by atoms with Crippen LogP contribution < -0.4 is 5.32 Å². The summed E-state index contributed by atoms with van der Waals surface area (Å²) >= 11 is 0. The van der Waals surface area contributed by atoms with Gasteiger partial charge in [0, 0.05) is 36.6 Å². The van der Waals surface area contributed by atoms with Gasteiger partial charge in [0.25, 0.3) is 0 Å². The zero-order chi connectivity index (χ0) is 16.0. The van der Waals surface area contributed by atoms with Crippen LogP contribution in [-0.2, 0) is 35.8 Å². The normalized spacial score (nSPS) is 12.3. The predicted octanol–water partition coefficient (Wildman–Crippen LogP) is 1.94. The smallest absolute Gasteiger partial charge is 0.147 e. The van der Waals surface area contributed by atoms with Crippen molar-refractivity contribution >= 4 is 9.84 Å². The van der Waals surface area contributed by atoms with Crippen LogP contribution in [0.15, 0.2) is 0 Å². The number of hydrogen-bond acceptors (Lipinski definition) is 4. The van der Waals surface area contributed by atoms with E-state index in [1.54, 1.807) is 0 Å². The fourth-order valence-electron chi connectivity index (χ4n) is 2.44. The number of rotatable bonds is 9. The molecule has 0 fully saturated rings. The molecule has 1 N–H and O–H groups in total. The molecular formula is C15H29N3O2S. The number of sulfone groups is 1. The van der Waals surface area contributed by atoms with Crippen LogP contribution in [0.25, 0.3) is 0 Å². The molecule has 0 aromatic carbocycles. The van der Waals surface area contributed by atoms with Crippen molar-refractivity contribution in [3.05, 3.63) is 17.0 Å². The Balaban J connectivity index is 2.88. The van der Waals surface area contributed by atoms with Gasteiger partial charge in [-0.1, -0.05) is 27.7 Å². The van der Waals surface area contributed by atoms with Crippen LogP contribution in [0.3, 0.4) is 0 Å². The van der Waals surface area contributed by atoms with Gasteiger partial charge in [0.15, 0.2) is 0 Å². The number of nitrogens with zero attached hydrogens (tertiary/aromatic N) is 2. The number of nitrogens with one attached hydrogen (secondary N) is 1. The zero-order valence-electron chi connectivity index (χ0n) is 13.9. The Hall–Kier alpha value is -0.880. The molecule has 1 aromatic heterocycles. The molecule has 0 radical (unpaired) electrons. The maximum atomic E-state index is 11.2. The van der Waals surface area contributed by atoms with Gasteiger partial charge in [0.1, 0.15) is 9.84 Å². The third-order valence-electron chi connectivity index (χ3n) is 3.49. The van der Waals surface area contributed by atoms with Gasteiger partial charge in [-0.25, -0.2) is 8.42 Å². The summed E-state index contributed by atoms with van der Waals surface area (Å²) in [7, 11) is -2.90. The van der Waals surface area contributed by atoms with E-state index in [1.807, 2.05) is 4.68 Å². The monoisotopic (exact) mass is 315 g/mol. The molecule has 0 aliphatic heterocycles. The molecule has 0 aliphatic rings. The second-order valence-corrected chi connectivity index (χ2v) is 8.08. The van der Waals surface area contributed by atoms with Crippen LogP contribution >= 0.6 is 0 Å². The molecular weight excluding hydrogens is 286 g/mol. The average molecular weight is 315 g/mol. The van der Waals surface area contributed by atoms with Gasteiger partial charge in [-0.05, 0) is 19.3 Å². The predicted molar refractivity (Wildman–Crippen MR) is 87.3 cm³/mol. The first-order chi connectivity index (χ1) is 9.78. The molecule has 0 bridgehead atoms. The van der Waals surface area contributed by atoms with Crippen LogP contribution in [-0.4, -0.2) is 36.2 Å². The fourth-order valence-corrected chi connectivity index (χ4v) is 3.09. The van der Waals surface area contributed by atoms with Gasteiger partial charge >= 0.3 is 0 Å². The van der Waals surface area contributed by atoms with Crippen molar-refractivity contribution in [3.63, 3.8) is 0 Å². The highest BCUT2D eigenvalue weighted by molar-refractivity contribution is 7.90. The Kier molecular flexibility index (Phi) is 6.87. The van der Waals surface area contributed by atoms with E-state index in [0.717, 1.165) is 25.1 Å². The Bertz CT molecular complexity index is 548. The van der Waals surface area contributed by atoms with E-state index in [2.05, 4.69) is 38.1 Å². The lowest BCUT2D eigenvalue weighted by atomic mass is 10.1. The van der Waals surface area contributed by atoms with Crippen LogP contribution in [0.2, 0.25) is 0 Å². The largest absolute Gasteiger partial charge is 0.310 e. The Morgan fingerprint density at radius 2 is 1.90 bits per heavy atom. The van der Waals surface area contributed by atoms with E-state index in [0.29, 0.717) is 19.0 Å². The lowest BCUT2D eigenvalue weighted by Crippen LogP contribution is -2.23. The van der Waals surface area contributed by atoms with Crippen LogP contribution in [0.4, 0.5) is 0 Å². The number of hydrogen-bond donors (Lipinski definition) is 1. The molecule has 1 aromatic rings. The van der Waals surface area contributed by atoms with Crippen molar-refractivity contribution in [1.82, 2.24) is 15.1 Å². The van der Waals surface area contributed by atoms with E-state index in [9.17, 15) is 8.42 Å². The SMILES string of the molecule is CCc1nn(CCCS(C)(=O)=O)c(CC)c1CNC(C)C. The highest BCUT2D eigenvalue weighted by Crippen LogP contribution is 2.17. The summed E-state index contributed by atoms with van der Waals surface area (Å²) in [6, 6.07) is 0.438. The maximum Gasteiger partial charge on any atom is 0.147 e. The first-order valence-electron chi connectivity index (χ1n) is 7.77. The standard InChI is InChI=1S/C15H29N3O2S/c1-6-14-13(11-16-12(3)4)15(7-2)18(17-14)9-8-10-21(5,19)20/h12,16H,6-11H2,1-5H3. The second kappa shape index (κ2) is 7.94. The highest BCUT2D eigenvalue weighted by atomic mass is 32.2. The summed E-state index contributed by atoms with van der Waals surface area (Å²) in [5.41, 5.74) is 3.64. The maximum absolute atomic E-state index is 11.2. The van der Waals surface area contributed by atoms with Crippen LogP contribution in [0.5, 0.6) is 0 Å². The van der Waals surface area contributed by atoms with Crippen molar-refractivity contribution in [3.8, 4) is 0 Å². The van der Waals surface area contributed by atoms with Gasteiger partial charge in [-0.3, -0.25) is 4.68 Å². The average Bonchev–Trinajstić information content (AvgIpc) is 2.71. The molecule has 0 atom stereocenters. The summed E-state index contributed by atoms with van der Waals surface area (Å²) in [6.45, 7) is 10.0. The van der Waals surface area contributed by atoms with E-state index >= 15 is 0 Å². The third kappa shape index (κ3) is 5.79. The summed E-state index contributed by atoms with van der Waals surface area (Å²) in [6.07, 6.45) is 3.72. The molecule has 0 amide bonds. The summed E-state index contributed by atoms with van der Waals surface area (Å²) in [5, 5.41) is 8.13. The van der Waals surface area contributed by atoms with Gasteiger partial charge in [-0.15, -0.1) is 0 Å². The first kappa shape index (κ1) is 18.2. The molecule has 0 saturated heterocycles. The molecule has 5 nitrogen and oxygen atoms in total. The van der Waals surface area contributed by atoms with Gasteiger partial charge < -0.3 is 5.32 Å². The quantitative estimate of drug-likeness (QED) is 0.756. The number of aryl methyl sites for hydroxylation is 2. The Morgan fingerprint density at radius 1 is 1.24 bits per heavy atom. The van der Waals surface area contributed by atoms with E-state index in [1.165, 1.54) is 17.5 Å². The first-order valence-corrected chi connectivity index (χ1v) is 9.83. The van der Waals surface area contributed by atoms with Crippen LogP contribution in [0, 0.1) is 0 Å². The van der Waals surface area contributed by atoms with Gasteiger partial charge in [0.05, 0.1) is 11.4 Å². The topological polar surface area (TPSA) is 64.0 Å². The summed E-state index contributed by atoms with van der Waals surface area (Å²) in [5.74, 6) is 0.219. The van der Waals surface area contributed by atoms with Crippen molar-refractivity contribution < 1.29 is 8.42 Å². The fraction of sp³-hybridized carbons (Fsp3) is 0.800. The van der Waals surface area contributed by atoms with E-state index in [-0.39, 0.29) is 5.75 Å². The molecule has 0 saturated carbocycles. The van der Waals surface area contributed by atoms with Crippen molar-refractivity contribution in [1.29, 1.82) is 0 Å². The molecule has 6 heteroatoms. The molecule has 0 unspecified atom stereocenters. The minimum absolute atomic E-state index is 0.219. The molecule has 21 heavy (non-hydrogen) atoms. The highest BCUT2D eigenvalue weighted by Gasteiger charge is 2.15. The van der Waals surface area contributed by atoms with E-state index in [4.69, 9.17) is 0 Å². The Labute approximate surface area is 129 Å². The molecule has 0 aliphatic carbocycles. The van der Waals surface area contributed by atoms with E-state index < -0.39 is 9.84 Å². The third-order valence-corrected chi connectivity index (χ3v) is 4.52. The summed E-state index contributed by atoms with van der Waals surface area (Å²) in [4.78, 5) is 0. The number of aromatic nitrogens is 2. The minimum atomic E-state index is -2.90. The lowest BCUT2D eigenvalue weighted by Gasteiger charge is -2.11. The van der Waals surface area contributed by atoms with Crippen molar-refractivity contribution in [2.24, 2.45) is 0 Å². The summed E-state index contributed by atoms with van der Waals surface area (Å²) < 4.78 is 24.5. The van der Waals surface area contributed by atoms with Gasteiger partial charge in [-0.2, -0.15) is 5.10 Å². The van der Waals surface area contributed by atoms with Gasteiger partial charge in [0.2, 0.25) is 0 Å². The molecule has 1 rings (SSSR count). The lowest BCUT2D eigenvalue weighted by molar-refractivity contribution is 0.555. The minimum Gasteiger partial charge on any atom is -0.310 e. The Morgan fingerprint density at radius 3 is 2.38 bits per heavy atom. The van der Waals surface area contributed by atoms with Crippen molar-refractivity contribution in [2.45, 2.75) is 66.1 Å². The van der Waals surface area contributed by atoms with Crippen molar-refractivity contribution in [2.75, 3.05) is 12.0 Å². The zero-order valence-corrected chi connectivity index (χ0v) is 14.8. The molecule has 122 valence electrons. The second-order valence-electron chi connectivity index (χ2n) is 5.82.